The highest BCUT2D eigenvalue weighted by Crippen LogP contribution is 2.27. The number of rotatable bonds is 2. The standard InChI is InChI=1S/C13H26N2/c1-13(2,3)15-10-6-7-12(15)11-14-8-4-5-9-14/h12H,4-11H2,1-3H3/t12-/m1/s1. The molecular weight excluding hydrogens is 184 g/mol. The third-order valence-electron chi connectivity index (χ3n) is 3.91. The quantitative estimate of drug-likeness (QED) is 0.690. The van der Waals surface area contributed by atoms with E-state index < -0.39 is 0 Å². The van der Waals surface area contributed by atoms with Crippen LogP contribution in [0.25, 0.3) is 0 Å². The molecule has 2 aliphatic heterocycles. The summed E-state index contributed by atoms with van der Waals surface area (Å²) in [6, 6.07) is 0.822. The summed E-state index contributed by atoms with van der Waals surface area (Å²) in [5, 5.41) is 0. The summed E-state index contributed by atoms with van der Waals surface area (Å²) in [4.78, 5) is 5.38. The van der Waals surface area contributed by atoms with Gasteiger partial charge in [-0.25, -0.2) is 0 Å². The van der Waals surface area contributed by atoms with Crippen LogP contribution in [-0.4, -0.2) is 47.6 Å². The smallest absolute Gasteiger partial charge is 0.0228 e. The first-order chi connectivity index (χ1) is 7.07. The lowest BCUT2D eigenvalue weighted by atomic mass is 10.0. The van der Waals surface area contributed by atoms with E-state index in [4.69, 9.17) is 0 Å². The van der Waals surface area contributed by atoms with Crippen molar-refractivity contribution in [2.75, 3.05) is 26.2 Å². The summed E-state index contributed by atoms with van der Waals surface area (Å²) in [5.41, 5.74) is 0.362. The zero-order valence-electron chi connectivity index (χ0n) is 10.6. The van der Waals surface area contributed by atoms with Gasteiger partial charge in [-0.3, -0.25) is 4.90 Å². The molecule has 0 unspecified atom stereocenters. The van der Waals surface area contributed by atoms with E-state index >= 15 is 0 Å². The third kappa shape index (κ3) is 2.73. The minimum absolute atomic E-state index is 0.362. The van der Waals surface area contributed by atoms with Crippen LogP contribution in [-0.2, 0) is 0 Å². The SMILES string of the molecule is CC(C)(C)N1CCC[C@@H]1CN1CCCC1. The van der Waals surface area contributed by atoms with E-state index in [0.717, 1.165) is 6.04 Å². The summed E-state index contributed by atoms with van der Waals surface area (Å²) >= 11 is 0. The van der Waals surface area contributed by atoms with Crippen LogP contribution in [0.2, 0.25) is 0 Å². The van der Waals surface area contributed by atoms with Crippen LogP contribution in [0.4, 0.5) is 0 Å². The molecule has 2 aliphatic rings. The molecule has 0 aromatic heterocycles. The van der Waals surface area contributed by atoms with Crippen molar-refractivity contribution in [3.8, 4) is 0 Å². The molecule has 2 saturated heterocycles. The average Bonchev–Trinajstić information content (AvgIpc) is 2.73. The maximum atomic E-state index is 2.71. The Labute approximate surface area is 94.6 Å². The van der Waals surface area contributed by atoms with Crippen LogP contribution in [0.1, 0.15) is 46.5 Å². The highest BCUT2D eigenvalue weighted by molar-refractivity contribution is 4.90. The van der Waals surface area contributed by atoms with Crippen molar-refractivity contribution < 1.29 is 0 Å². The topological polar surface area (TPSA) is 6.48 Å². The minimum atomic E-state index is 0.362. The predicted molar refractivity (Wildman–Crippen MR) is 65.2 cm³/mol. The molecule has 2 fully saturated rings. The molecule has 2 rings (SSSR count). The van der Waals surface area contributed by atoms with Crippen LogP contribution in [0.5, 0.6) is 0 Å². The molecule has 0 N–H and O–H groups in total. The molecule has 0 bridgehead atoms. The second-order valence-electron chi connectivity index (χ2n) is 6.17. The van der Waals surface area contributed by atoms with E-state index in [1.807, 2.05) is 0 Å². The third-order valence-corrected chi connectivity index (χ3v) is 3.91. The summed E-state index contributed by atoms with van der Waals surface area (Å²) in [6.45, 7) is 12.4. The van der Waals surface area contributed by atoms with E-state index in [0.29, 0.717) is 5.54 Å². The number of hydrogen-bond donors (Lipinski definition) is 0. The molecule has 88 valence electrons. The second kappa shape index (κ2) is 4.42. The summed E-state index contributed by atoms with van der Waals surface area (Å²) in [5.74, 6) is 0. The Morgan fingerprint density at radius 1 is 1.00 bits per heavy atom. The zero-order chi connectivity index (χ0) is 10.9. The Morgan fingerprint density at radius 2 is 1.67 bits per heavy atom. The lowest BCUT2D eigenvalue weighted by Gasteiger charge is -2.38. The lowest BCUT2D eigenvalue weighted by molar-refractivity contribution is 0.0980. The molecule has 2 heterocycles. The van der Waals surface area contributed by atoms with Gasteiger partial charge in [-0.2, -0.15) is 0 Å². The van der Waals surface area contributed by atoms with Crippen molar-refractivity contribution in [2.24, 2.45) is 0 Å². The first-order valence-electron chi connectivity index (χ1n) is 6.56. The van der Waals surface area contributed by atoms with Gasteiger partial charge < -0.3 is 4.90 Å². The first-order valence-corrected chi connectivity index (χ1v) is 6.56. The van der Waals surface area contributed by atoms with E-state index in [1.54, 1.807) is 0 Å². The summed E-state index contributed by atoms with van der Waals surface area (Å²) in [7, 11) is 0. The molecule has 0 aliphatic carbocycles. The highest BCUT2D eigenvalue weighted by Gasteiger charge is 2.33. The highest BCUT2D eigenvalue weighted by atomic mass is 15.3. The van der Waals surface area contributed by atoms with Crippen molar-refractivity contribution in [1.82, 2.24) is 9.80 Å². The Morgan fingerprint density at radius 3 is 2.27 bits per heavy atom. The Kier molecular flexibility index (Phi) is 3.36. The maximum absolute atomic E-state index is 2.71. The van der Waals surface area contributed by atoms with E-state index in [2.05, 4.69) is 30.6 Å². The fourth-order valence-electron chi connectivity index (χ4n) is 3.17. The first kappa shape index (κ1) is 11.4. The zero-order valence-corrected chi connectivity index (χ0v) is 10.6. The Bertz CT molecular complexity index is 201. The number of likely N-dealkylation sites (tertiary alicyclic amines) is 2. The van der Waals surface area contributed by atoms with Gasteiger partial charge in [-0.05, 0) is 66.1 Å². The van der Waals surface area contributed by atoms with E-state index in [-0.39, 0.29) is 0 Å². The van der Waals surface area contributed by atoms with E-state index in [1.165, 1.54) is 51.9 Å². The van der Waals surface area contributed by atoms with Gasteiger partial charge in [0.1, 0.15) is 0 Å². The lowest BCUT2D eigenvalue weighted by Crippen LogP contribution is -2.48. The van der Waals surface area contributed by atoms with Crippen molar-refractivity contribution in [1.29, 1.82) is 0 Å². The molecule has 0 aromatic rings. The van der Waals surface area contributed by atoms with Gasteiger partial charge in [-0.15, -0.1) is 0 Å². The fourth-order valence-corrected chi connectivity index (χ4v) is 3.17. The van der Waals surface area contributed by atoms with Gasteiger partial charge in [-0.1, -0.05) is 0 Å². The summed E-state index contributed by atoms with van der Waals surface area (Å²) in [6.07, 6.45) is 5.65. The molecule has 0 saturated carbocycles. The van der Waals surface area contributed by atoms with Gasteiger partial charge in [0.15, 0.2) is 0 Å². The molecule has 15 heavy (non-hydrogen) atoms. The molecule has 0 aromatic carbocycles. The van der Waals surface area contributed by atoms with Crippen LogP contribution in [0, 0.1) is 0 Å². The molecular formula is C13H26N2. The molecule has 2 nitrogen and oxygen atoms in total. The maximum Gasteiger partial charge on any atom is 0.0228 e. The van der Waals surface area contributed by atoms with Crippen molar-refractivity contribution in [3.05, 3.63) is 0 Å². The van der Waals surface area contributed by atoms with Gasteiger partial charge in [0.2, 0.25) is 0 Å². The van der Waals surface area contributed by atoms with E-state index in [9.17, 15) is 0 Å². The van der Waals surface area contributed by atoms with Crippen molar-refractivity contribution in [2.45, 2.75) is 58.0 Å². The Balaban J connectivity index is 1.90. The average molecular weight is 210 g/mol. The number of hydrogen-bond acceptors (Lipinski definition) is 2. The van der Waals surface area contributed by atoms with Gasteiger partial charge in [0.25, 0.3) is 0 Å². The van der Waals surface area contributed by atoms with Crippen LogP contribution in [0.15, 0.2) is 0 Å². The minimum Gasteiger partial charge on any atom is -0.302 e. The largest absolute Gasteiger partial charge is 0.302 e. The molecule has 0 amide bonds. The monoisotopic (exact) mass is 210 g/mol. The van der Waals surface area contributed by atoms with Crippen LogP contribution >= 0.6 is 0 Å². The molecule has 1 atom stereocenters. The Hall–Kier alpha value is -0.0800. The molecule has 0 spiro atoms. The number of nitrogens with zero attached hydrogens (tertiary/aromatic N) is 2. The van der Waals surface area contributed by atoms with Crippen LogP contribution in [0.3, 0.4) is 0 Å². The summed E-state index contributed by atoms with van der Waals surface area (Å²) < 4.78 is 0. The van der Waals surface area contributed by atoms with Crippen molar-refractivity contribution in [3.63, 3.8) is 0 Å². The van der Waals surface area contributed by atoms with Gasteiger partial charge in [0, 0.05) is 18.1 Å². The second-order valence-corrected chi connectivity index (χ2v) is 6.17. The van der Waals surface area contributed by atoms with Gasteiger partial charge >= 0.3 is 0 Å². The predicted octanol–water partition coefficient (Wildman–Crippen LogP) is 2.35. The molecule has 0 radical (unpaired) electrons. The van der Waals surface area contributed by atoms with Crippen LogP contribution < -0.4 is 0 Å². The fraction of sp³-hybridized carbons (Fsp3) is 1.00. The van der Waals surface area contributed by atoms with Crippen molar-refractivity contribution >= 4 is 0 Å². The molecule has 2 heteroatoms. The van der Waals surface area contributed by atoms with Gasteiger partial charge in [0.05, 0.1) is 0 Å². The normalized spacial score (nSPS) is 30.2.